The molecule has 2 fully saturated rings. The number of ether oxygens (including phenoxy) is 1. The van der Waals surface area contributed by atoms with Gasteiger partial charge in [0.2, 0.25) is 0 Å². The summed E-state index contributed by atoms with van der Waals surface area (Å²) in [6, 6.07) is 11.3. The third-order valence-electron chi connectivity index (χ3n) is 7.20. The number of carbonyl (C=O) groups excluding carboxylic acids is 1. The minimum Gasteiger partial charge on any atom is -0.352 e. The molecule has 1 amide bonds. The summed E-state index contributed by atoms with van der Waals surface area (Å²) >= 11 is 0. The quantitative estimate of drug-likeness (QED) is 0.200. The predicted molar refractivity (Wildman–Crippen MR) is 164 cm³/mol. The second-order valence-corrected chi connectivity index (χ2v) is 12.6. The number of hydrogen-bond donors (Lipinski definition) is 1. The number of benzene rings is 1. The molecule has 10 nitrogen and oxygen atoms in total. The number of amides is 1. The van der Waals surface area contributed by atoms with Crippen molar-refractivity contribution in [2.45, 2.75) is 97.2 Å². The number of carbonyl (C=O) groups is 1. The molecule has 1 aromatic carbocycles. The van der Waals surface area contributed by atoms with Gasteiger partial charge in [-0.25, -0.2) is 9.46 Å². The molecule has 2 unspecified atom stereocenters. The van der Waals surface area contributed by atoms with Crippen molar-refractivity contribution in [2.24, 2.45) is 5.92 Å². The smallest absolute Gasteiger partial charge is 0.351 e. The van der Waals surface area contributed by atoms with E-state index in [1.807, 2.05) is 19.1 Å². The van der Waals surface area contributed by atoms with Gasteiger partial charge in [0.15, 0.2) is 0 Å². The molecule has 1 N–H and O–H groups in total. The molecule has 1 aliphatic carbocycles. The van der Waals surface area contributed by atoms with Crippen LogP contribution in [0.3, 0.4) is 0 Å². The zero-order chi connectivity index (χ0) is 30.2. The van der Waals surface area contributed by atoms with E-state index < -0.39 is 20.4 Å². The molecule has 2 aliphatic rings. The van der Waals surface area contributed by atoms with Crippen LogP contribution in [0.5, 0.6) is 0 Å². The maximum atomic E-state index is 13.3. The SMILES string of the molecule is CC[C@H]1O[C@@H](n2cc(/C=C/C3CC3)c(NC(=O)c3ccccc3)nc2=O)CC1OP(OCCC#N)N(C(C)C)C(C)C. The zero-order valence-corrected chi connectivity index (χ0v) is 26.0. The van der Waals surface area contributed by atoms with Crippen LogP contribution in [-0.4, -0.2) is 51.0 Å². The van der Waals surface area contributed by atoms with Gasteiger partial charge in [-0.2, -0.15) is 10.2 Å². The lowest BCUT2D eigenvalue weighted by Crippen LogP contribution is -2.35. The van der Waals surface area contributed by atoms with Crippen molar-refractivity contribution in [1.82, 2.24) is 14.2 Å². The molecule has 4 atom stereocenters. The lowest BCUT2D eigenvalue weighted by atomic mass is 10.1. The Bertz CT molecular complexity index is 1310. The first-order valence-electron chi connectivity index (χ1n) is 14.8. The van der Waals surface area contributed by atoms with E-state index in [2.05, 4.69) is 54.8 Å². The maximum Gasteiger partial charge on any atom is 0.351 e. The summed E-state index contributed by atoms with van der Waals surface area (Å²) in [4.78, 5) is 30.5. The Morgan fingerprint density at radius 2 is 1.98 bits per heavy atom. The zero-order valence-electron chi connectivity index (χ0n) is 25.1. The van der Waals surface area contributed by atoms with Gasteiger partial charge in [-0.1, -0.05) is 37.3 Å². The van der Waals surface area contributed by atoms with E-state index in [0.29, 0.717) is 29.9 Å². The van der Waals surface area contributed by atoms with E-state index in [1.54, 1.807) is 30.5 Å². The monoisotopic (exact) mass is 595 g/mol. The number of rotatable bonds is 14. The number of hydrogen-bond acceptors (Lipinski definition) is 8. The summed E-state index contributed by atoms with van der Waals surface area (Å²) in [5, 5.41) is 11.9. The van der Waals surface area contributed by atoms with E-state index in [1.165, 1.54) is 4.57 Å². The first kappa shape index (κ1) is 32.0. The largest absolute Gasteiger partial charge is 0.352 e. The number of allylic oxidation sites excluding steroid dienone is 1. The summed E-state index contributed by atoms with van der Waals surface area (Å²) < 4.78 is 22.8. The Morgan fingerprint density at radius 3 is 2.60 bits per heavy atom. The fourth-order valence-electron chi connectivity index (χ4n) is 4.96. The summed E-state index contributed by atoms with van der Waals surface area (Å²) in [5.74, 6) is 0.388. The average molecular weight is 596 g/mol. The molecule has 2 heterocycles. The molecule has 1 saturated heterocycles. The standard InChI is InChI=1S/C31H42N5O5P/c1-6-26-27(41-42(39-18-10-17-32)36(21(2)3)22(4)5)19-28(40-26)35-20-25(16-15-23-13-14-23)29(34-31(35)38)33-30(37)24-11-8-7-9-12-24/h7-9,11-12,15-16,20-23,26-28H,6,10,13-14,18-19H2,1-5H3,(H,33,34,37,38)/b16-15+/t26-,27?,28-,42?/m1/s1. The van der Waals surface area contributed by atoms with Crippen LogP contribution >= 0.6 is 8.53 Å². The molecule has 1 aliphatic heterocycles. The Kier molecular flexibility index (Phi) is 11.4. The summed E-state index contributed by atoms with van der Waals surface area (Å²) in [6.07, 6.45) is 8.23. The minimum atomic E-state index is -1.46. The van der Waals surface area contributed by atoms with Gasteiger partial charge in [0.1, 0.15) is 12.0 Å². The molecule has 1 aromatic heterocycles. The molecule has 1 saturated carbocycles. The van der Waals surface area contributed by atoms with Crippen molar-refractivity contribution in [1.29, 1.82) is 5.26 Å². The minimum absolute atomic E-state index is 0.169. The second-order valence-electron chi connectivity index (χ2n) is 11.2. The average Bonchev–Trinajstić information content (AvgIpc) is 3.71. The number of nitriles is 1. The van der Waals surface area contributed by atoms with E-state index in [4.69, 9.17) is 19.0 Å². The maximum absolute atomic E-state index is 13.3. The number of nitrogens with zero attached hydrogens (tertiary/aromatic N) is 4. The molecule has 2 aromatic rings. The van der Waals surface area contributed by atoms with Crippen LogP contribution < -0.4 is 11.0 Å². The van der Waals surface area contributed by atoms with E-state index >= 15 is 0 Å². The van der Waals surface area contributed by atoms with Gasteiger partial charge in [-0.15, -0.1) is 0 Å². The van der Waals surface area contributed by atoms with Gasteiger partial charge in [0, 0.05) is 35.8 Å². The molecular formula is C31H42N5O5P. The van der Waals surface area contributed by atoms with E-state index in [9.17, 15) is 9.59 Å². The van der Waals surface area contributed by atoms with Crippen LogP contribution in [0.1, 0.15) is 88.9 Å². The summed E-state index contributed by atoms with van der Waals surface area (Å²) in [6.45, 7) is 10.7. The Labute approximate surface area is 249 Å². The topological polar surface area (TPSA) is 119 Å². The fraction of sp³-hybridized carbons (Fsp3) is 0.548. The van der Waals surface area contributed by atoms with E-state index in [0.717, 1.165) is 12.8 Å². The molecule has 42 heavy (non-hydrogen) atoms. The predicted octanol–water partition coefficient (Wildman–Crippen LogP) is 6.28. The molecule has 11 heteroatoms. The normalized spacial score (nSPS) is 21.4. The highest BCUT2D eigenvalue weighted by molar-refractivity contribution is 7.44. The van der Waals surface area contributed by atoms with Crippen molar-refractivity contribution < 1.29 is 18.6 Å². The Balaban J connectivity index is 1.58. The van der Waals surface area contributed by atoms with Gasteiger partial charge >= 0.3 is 5.69 Å². The molecule has 4 rings (SSSR count). The van der Waals surface area contributed by atoms with Crippen molar-refractivity contribution in [3.63, 3.8) is 0 Å². The first-order valence-corrected chi connectivity index (χ1v) is 15.9. The highest BCUT2D eigenvalue weighted by Crippen LogP contribution is 2.50. The van der Waals surface area contributed by atoms with Gasteiger partial charge in [-0.3, -0.25) is 9.36 Å². The van der Waals surface area contributed by atoms with Crippen LogP contribution in [-0.2, 0) is 13.8 Å². The fourth-order valence-corrected chi connectivity index (χ4v) is 6.72. The van der Waals surface area contributed by atoms with Crippen LogP contribution in [0.4, 0.5) is 5.82 Å². The Morgan fingerprint density at radius 1 is 1.26 bits per heavy atom. The molecule has 0 radical (unpaired) electrons. The van der Waals surface area contributed by atoms with Crippen LogP contribution in [0.2, 0.25) is 0 Å². The van der Waals surface area contributed by atoms with Gasteiger partial charge in [0.05, 0.1) is 31.3 Å². The Hall–Kier alpha value is -2.93. The van der Waals surface area contributed by atoms with Gasteiger partial charge in [-0.05, 0) is 65.0 Å². The highest BCUT2D eigenvalue weighted by atomic mass is 31.2. The van der Waals surface area contributed by atoms with Crippen LogP contribution in [0, 0.1) is 17.2 Å². The second kappa shape index (κ2) is 15.0. The van der Waals surface area contributed by atoms with Crippen LogP contribution in [0.25, 0.3) is 6.08 Å². The lowest BCUT2D eigenvalue weighted by molar-refractivity contribution is -0.0200. The third-order valence-corrected chi connectivity index (χ3v) is 9.35. The molecular weight excluding hydrogens is 553 g/mol. The van der Waals surface area contributed by atoms with Gasteiger partial charge < -0.3 is 19.1 Å². The number of anilines is 1. The van der Waals surface area contributed by atoms with Crippen molar-refractivity contribution >= 4 is 26.3 Å². The van der Waals surface area contributed by atoms with Crippen molar-refractivity contribution in [3.8, 4) is 6.07 Å². The first-order chi connectivity index (χ1) is 20.2. The molecule has 0 spiro atoms. The lowest BCUT2D eigenvalue weighted by Gasteiger charge is -2.37. The van der Waals surface area contributed by atoms with Gasteiger partial charge in [0.25, 0.3) is 14.4 Å². The van der Waals surface area contributed by atoms with Crippen molar-refractivity contribution in [3.05, 3.63) is 64.2 Å². The van der Waals surface area contributed by atoms with Crippen molar-refractivity contribution in [2.75, 3.05) is 11.9 Å². The number of aromatic nitrogens is 2. The molecule has 0 bridgehead atoms. The summed E-state index contributed by atoms with van der Waals surface area (Å²) in [7, 11) is -1.46. The van der Waals surface area contributed by atoms with Crippen LogP contribution in [0.15, 0.2) is 47.4 Å². The molecule has 226 valence electrons. The third kappa shape index (κ3) is 8.33. The highest BCUT2D eigenvalue weighted by Gasteiger charge is 2.40. The number of nitrogens with one attached hydrogen (secondary N) is 1. The van der Waals surface area contributed by atoms with E-state index in [-0.39, 0.29) is 49.0 Å². The summed E-state index contributed by atoms with van der Waals surface area (Å²) in [5.41, 5.74) is 0.608.